The van der Waals surface area contributed by atoms with Crippen LogP contribution in [0.25, 0.3) is 5.69 Å². The van der Waals surface area contributed by atoms with E-state index in [0.29, 0.717) is 16.4 Å². The molecule has 0 saturated carbocycles. The van der Waals surface area contributed by atoms with Crippen LogP contribution in [0.5, 0.6) is 0 Å². The van der Waals surface area contributed by atoms with Crippen molar-refractivity contribution in [2.75, 3.05) is 5.32 Å². The summed E-state index contributed by atoms with van der Waals surface area (Å²) in [5.74, 6) is -0.347. The molecule has 1 unspecified atom stereocenters. The number of aromatic nitrogens is 2. The van der Waals surface area contributed by atoms with Crippen molar-refractivity contribution in [2.24, 2.45) is 5.92 Å². The predicted molar refractivity (Wildman–Crippen MR) is 122 cm³/mol. The Morgan fingerprint density at radius 1 is 1.10 bits per heavy atom. The van der Waals surface area contributed by atoms with Crippen LogP contribution in [0.2, 0.25) is 5.02 Å². The second kappa shape index (κ2) is 9.45. The maximum absolute atomic E-state index is 13.1. The number of nitrogens with one attached hydrogen (secondary N) is 2. The molecule has 0 radical (unpaired) electrons. The van der Waals surface area contributed by atoms with Gasteiger partial charge in [0.1, 0.15) is 11.9 Å². The van der Waals surface area contributed by atoms with Crippen molar-refractivity contribution in [3.05, 3.63) is 75.4 Å². The summed E-state index contributed by atoms with van der Waals surface area (Å²) in [6.07, 6.45) is 0. The molecule has 1 atom stereocenters. The van der Waals surface area contributed by atoms with E-state index in [1.54, 1.807) is 35.0 Å². The Kier molecular flexibility index (Phi) is 6.95. The highest BCUT2D eigenvalue weighted by Gasteiger charge is 2.26. The van der Waals surface area contributed by atoms with Gasteiger partial charge in [-0.1, -0.05) is 59.6 Å². The van der Waals surface area contributed by atoms with Crippen LogP contribution in [0.4, 0.5) is 5.82 Å². The van der Waals surface area contributed by atoms with Crippen LogP contribution in [-0.4, -0.2) is 27.6 Å². The van der Waals surface area contributed by atoms with Crippen LogP contribution in [0.3, 0.4) is 0 Å². The number of amides is 2. The summed E-state index contributed by atoms with van der Waals surface area (Å²) in [5, 5.41) is 10.5. The van der Waals surface area contributed by atoms with E-state index >= 15 is 0 Å². The molecule has 0 spiro atoms. The molecule has 2 amide bonds. The fourth-order valence-corrected chi connectivity index (χ4v) is 3.61. The summed E-state index contributed by atoms with van der Waals surface area (Å²) in [5.41, 5.74) is 1.88. The third kappa shape index (κ3) is 5.09. The lowest BCUT2D eigenvalue weighted by atomic mass is 10.0. The first kappa shape index (κ1) is 22.1. The van der Waals surface area contributed by atoms with E-state index in [1.165, 1.54) is 0 Å². The lowest BCUT2D eigenvalue weighted by molar-refractivity contribution is -0.118. The van der Waals surface area contributed by atoms with Crippen molar-refractivity contribution in [3.8, 4) is 5.69 Å². The fraction of sp³-hybridized carbons (Fsp3) is 0.227. The molecule has 0 aliphatic heterocycles. The largest absolute Gasteiger partial charge is 0.340 e. The standard InChI is InChI=1S/C22H22BrClN4O2/c1-13(2)20(26-21(29)17-9-4-5-10-18(17)24)22(30)25-19-11-14(3)27-28(19)16-8-6-7-15(23)12-16/h4-13,20H,1-3H3,(H,25,30)(H,26,29). The average molecular weight is 490 g/mol. The Balaban J connectivity index is 1.83. The molecule has 3 rings (SSSR count). The summed E-state index contributed by atoms with van der Waals surface area (Å²) in [6.45, 7) is 5.59. The zero-order valence-electron chi connectivity index (χ0n) is 16.8. The van der Waals surface area contributed by atoms with E-state index in [2.05, 4.69) is 31.7 Å². The van der Waals surface area contributed by atoms with Gasteiger partial charge in [-0.15, -0.1) is 0 Å². The molecule has 6 nitrogen and oxygen atoms in total. The number of aryl methyl sites for hydroxylation is 1. The minimum atomic E-state index is -0.750. The summed E-state index contributed by atoms with van der Waals surface area (Å²) < 4.78 is 2.56. The Labute approximate surface area is 188 Å². The number of rotatable bonds is 6. The Bertz CT molecular complexity index is 1080. The maximum Gasteiger partial charge on any atom is 0.253 e. The molecular formula is C22H22BrClN4O2. The summed E-state index contributed by atoms with van der Waals surface area (Å²) in [7, 11) is 0. The van der Waals surface area contributed by atoms with Gasteiger partial charge in [-0.25, -0.2) is 4.68 Å². The topological polar surface area (TPSA) is 76.0 Å². The van der Waals surface area contributed by atoms with Crippen molar-refractivity contribution < 1.29 is 9.59 Å². The Morgan fingerprint density at radius 2 is 1.83 bits per heavy atom. The van der Waals surface area contributed by atoms with E-state index in [0.717, 1.165) is 15.9 Å². The first-order chi connectivity index (χ1) is 14.3. The second-order valence-electron chi connectivity index (χ2n) is 7.23. The zero-order chi connectivity index (χ0) is 21.8. The molecule has 2 N–H and O–H groups in total. The molecule has 1 aromatic heterocycles. The van der Waals surface area contributed by atoms with Crippen LogP contribution in [0, 0.1) is 12.8 Å². The summed E-state index contributed by atoms with van der Waals surface area (Å²) in [6, 6.07) is 15.4. The minimum Gasteiger partial charge on any atom is -0.340 e. The molecule has 0 aliphatic rings. The van der Waals surface area contributed by atoms with E-state index in [-0.39, 0.29) is 11.8 Å². The van der Waals surface area contributed by atoms with Gasteiger partial charge in [0.25, 0.3) is 5.91 Å². The molecule has 0 fully saturated rings. The number of halogens is 2. The number of benzene rings is 2. The first-order valence-corrected chi connectivity index (χ1v) is 10.6. The number of hydrogen-bond acceptors (Lipinski definition) is 3. The molecule has 156 valence electrons. The van der Waals surface area contributed by atoms with Crippen LogP contribution < -0.4 is 10.6 Å². The molecule has 8 heteroatoms. The molecule has 0 bridgehead atoms. The van der Waals surface area contributed by atoms with Crippen molar-refractivity contribution in [1.29, 1.82) is 0 Å². The van der Waals surface area contributed by atoms with Crippen LogP contribution in [0.1, 0.15) is 29.9 Å². The SMILES string of the molecule is Cc1cc(NC(=O)C(NC(=O)c2ccccc2Cl)C(C)C)n(-c2cccc(Br)c2)n1. The quantitative estimate of drug-likeness (QED) is 0.512. The molecule has 2 aromatic carbocycles. The van der Waals surface area contributed by atoms with Gasteiger partial charge in [-0.05, 0) is 43.2 Å². The van der Waals surface area contributed by atoms with Crippen LogP contribution >= 0.6 is 27.5 Å². The number of carbonyl (C=O) groups excluding carboxylic acids is 2. The van der Waals surface area contributed by atoms with Crippen LogP contribution in [0.15, 0.2) is 59.1 Å². The Hall–Kier alpha value is -2.64. The summed E-state index contributed by atoms with van der Waals surface area (Å²) in [4.78, 5) is 25.7. The number of anilines is 1. The van der Waals surface area contributed by atoms with Gasteiger partial charge in [0.2, 0.25) is 5.91 Å². The zero-order valence-corrected chi connectivity index (χ0v) is 19.2. The molecule has 0 aliphatic carbocycles. The summed E-state index contributed by atoms with van der Waals surface area (Å²) >= 11 is 9.57. The lowest BCUT2D eigenvalue weighted by Crippen LogP contribution is -2.47. The van der Waals surface area contributed by atoms with E-state index in [4.69, 9.17) is 11.6 Å². The third-order valence-electron chi connectivity index (χ3n) is 4.49. The first-order valence-electron chi connectivity index (χ1n) is 9.45. The van der Waals surface area contributed by atoms with Gasteiger partial charge in [-0.2, -0.15) is 5.10 Å². The highest BCUT2D eigenvalue weighted by atomic mass is 79.9. The second-order valence-corrected chi connectivity index (χ2v) is 8.55. The van der Waals surface area contributed by atoms with Crippen molar-refractivity contribution in [3.63, 3.8) is 0 Å². The van der Waals surface area contributed by atoms with E-state index in [9.17, 15) is 9.59 Å². The molecule has 0 saturated heterocycles. The highest BCUT2D eigenvalue weighted by molar-refractivity contribution is 9.10. The lowest BCUT2D eigenvalue weighted by Gasteiger charge is -2.22. The number of hydrogen-bond donors (Lipinski definition) is 2. The van der Waals surface area contributed by atoms with Gasteiger partial charge in [0.05, 0.1) is 22.0 Å². The fourth-order valence-electron chi connectivity index (χ4n) is 3.00. The average Bonchev–Trinajstić information content (AvgIpc) is 3.06. The van der Waals surface area contributed by atoms with Gasteiger partial charge in [-0.3, -0.25) is 9.59 Å². The van der Waals surface area contributed by atoms with E-state index < -0.39 is 11.9 Å². The molecule has 3 aromatic rings. The van der Waals surface area contributed by atoms with Crippen LogP contribution in [-0.2, 0) is 4.79 Å². The van der Waals surface area contributed by atoms with Crippen molar-refractivity contribution in [2.45, 2.75) is 26.8 Å². The minimum absolute atomic E-state index is 0.139. The van der Waals surface area contributed by atoms with Gasteiger partial charge >= 0.3 is 0 Å². The third-order valence-corrected chi connectivity index (χ3v) is 5.31. The van der Waals surface area contributed by atoms with Crippen molar-refractivity contribution >= 4 is 45.2 Å². The number of carbonyl (C=O) groups is 2. The monoisotopic (exact) mass is 488 g/mol. The number of nitrogens with zero attached hydrogens (tertiary/aromatic N) is 2. The molecule has 30 heavy (non-hydrogen) atoms. The Morgan fingerprint density at radius 3 is 2.50 bits per heavy atom. The molecule has 1 heterocycles. The van der Waals surface area contributed by atoms with Crippen molar-refractivity contribution in [1.82, 2.24) is 15.1 Å². The maximum atomic E-state index is 13.1. The van der Waals surface area contributed by atoms with E-state index in [1.807, 2.05) is 45.0 Å². The highest BCUT2D eigenvalue weighted by Crippen LogP contribution is 2.21. The smallest absolute Gasteiger partial charge is 0.253 e. The van der Waals surface area contributed by atoms with Gasteiger partial charge < -0.3 is 10.6 Å². The normalized spacial score (nSPS) is 11.9. The predicted octanol–water partition coefficient (Wildman–Crippen LogP) is 4.99. The van der Waals surface area contributed by atoms with Gasteiger partial charge in [0, 0.05) is 10.5 Å². The molecular weight excluding hydrogens is 468 g/mol. The van der Waals surface area contributed by atoms with Gasteiger partial charge in [0.15, 0.2) is 0 Å².